The Morgan fingerprint density at radius 2 is 2.13 bits per heavy atom. The van der Waals surface area contributed by atoms with Gasteiger partial charge < -0.3 is 11.5 Å². The van der Waals surface area contributed by atoms with Gasteiger partial charge in [0.05, 0.1) is 6.04 Å². The van der Waals surface area contributed by atoms with E-state index in [0.717, 1.165) is 21.3 Å². The van der Waals surface area contributed by atoms with Gasteiger partial charge in [-0.15, -0.1) is 10.2 Å². The van der Waals surface area contributed by atoms with Crippen molar-refractivity contribution < 1.29 is 0 Å². The monoisotopic (exact) mass is 220 g/mol. The van der Waals surface area contributed by atoms with E-state index < -0.39 is 0 Å². The fourth-order valence-electron chi connectivity index (χ4n) is 1.21. The highest BCUT2D eigenvalue weighted by Crippen LogP contribution is 2.26. The minimum atomic E-state index is -0.0719. The van der Waals surface area contributed by atoms with Crippen LogP contribution < -0.4 is 11.5 Å². The van der Waals surface area contributed by atoms with Gasteiger partial charge in [-0.3, -0.25) is 0 Å². The Labute approximate surface area is 91.9 Å². The zero-order chi connectivity index (χ0) is 10.8. The molecule has 78 valence electrons. The highest BCUT2D eigenvalue weighted by Gasteiger charge is 2.09. The Hall–Kier alpha value is -1.46. The predicted molar refractivity (Wildman–Crippen MR) is 62.4 cm³/mol. The Balaban J connectivity index is 2.37. The summed E-state index contributed by atoms with van der Waals surface area (Å²) >= 11 is 1.50. The molecule has 5 heteroatoms. The lowest BCUT2D eigenvalue weighted by molar-refractivity contribution is 0.786. The first-order valence-electron chi connectivity index (χ1n) is 4.61. The Bertz CT molecular complexity index is 464. The second-order valence-corrected chi connectivity index (χ2v) is 4.37. The zero-order valence-corrected chi connectivity index (χ0v) is 9.16. The Morgan fingerprint density at radius 1 is 1.33 bits per heavy atom. The SMILES string of the molecule is C[C@H](N)c1nnc(-c2cccc(N)c2)s1. The number of nitrogens with zero attached hydrogens (tertiary/aromatic N) is 2. The quantitative estimate of drug-likeness (QED) is 0.756. The molecule has 1 aromatic carbocycles. The van der Waals surface area contributed by atoms with Crippen LogP contribution in [0, 0.1) is 0 Å². The number of hydrogen-bond donors (Lipinski definition) is 2. The number of aromatic nitrogens is 2. The van der Waals surface area contributed by atoms with Crippen molar-refractivity contribution >= 4 is 17.0 Å². The number of benzene rings is 1. The molecule has 0 amide bonds. The van der Waals surface area contributed by atoms with E-state index in [2.05, 4.69) is 10.2 Å². The Morgan fingerprint density at radius 3 is 2.73 bits per heavy atom. The van der Waals surface area contributed by atoms with Crippen LogP contribution in [0.4, 0.5) is 5.69 Å². The summed E-state index contributed by atoms with van der Waals surface area (Å²) in [6, 6.07) is 7.51. The van der Waals surface area contributed by atoms with Crippen molar-refractivity contribution in [3.05, 3.63) is 29.3 Å². The molecule has 4 nitrogen and oxygen atoms in total. The Kier molecular flexibility index (Phi) is 2.66. The average molecular weight is 220 g/mol. The number of nitrogen functional groups attached to an aromatic ring is 1. The molecule has 0 aliphatic rings. The smallest absolute Gasteiger partial charge is 0.147 e. The van der Waals surface area contributed by atoms with E-state index in [1.165, 1.54) is 11.3 Å². The van der Waals surface area contributed by atoms with Gasteiger partial charge in [0.1, 0.15) is 10.0 Å². The first-order valence-corrected chi connectivity index (χ1v) is 5.43. The van der Waals surface area contributed by atoms with Crippen LogP contribution in [0.3, 0.4) is 0 Å². The molecule has 0 unspecified atom stereocenters. The van der Waals surface area contributed by atoms with Crippen molar-refractivity contribution in [3.63, 3.8) is 0 Å². The third kappa shape index (κ3) is 2.14. The molecule has 0 radical (unpaired) electrons. The maximum Gasteiger partial charge on any atom is 0.147 e. The summed E-state index contributed by atoms with van der Waals surface area (Å²) in [5.74, 6) is 0. The molecule has 0 bridgehead atoms. The predicted octanol–water partition coefficient (Wildman–Crippen LogP) is 1.81. The normalized spacial score (nSPS) is 12.7. The molecule has 1 aromatic heterocycles. The highest BCUT2D eigenvalue weighted by molar-refractivity contribution is 7.14. The largest absolute Gasteiger partial charge is 0.399 e. The molecular weight excluding hydrogens is 208 g/mol. The highest BCUT2D eigenvalue weighted by atomic mass is 32.1. The van der Waals surface area contributed by atoms with Gasteiger partial charge in [-0.05, 0) is 19.1 Å². The van der Waals surface area contributed by atoms with Gasteiger partial charge in [0.15, 0.2) is 0 Å². The van der Waals surface area contributed by atoms with Crippen LogP contribution in [0.2, 0.25) is 0 Å². The number of nitrogens with two attached hydrogens (primary N) is 2. The first kappa shape index (κ1) is 10.1. The van der Waals surface area contributed by atoms with Crippen molar-refractivity contribution in [3.8, 4) is 10.6 Å². The van der Waals surface area contributed by atoms with Crippen LogP contribution in [-0.2, 0) is 0 Å². The van der Waals surface area contributed by atoms with Crippen molar-refractivity contribution in [1.29, 1.82) is 0 Å². The molecule has 2 rings (SSSR count). The summed E-state index contributed by atoms with van der Waals surface area (Å²) in [7, 11) is 0. The van der Waals surface area contributed by atoms with Crippen molar-refractivity contribution in [2.75, 3.05) is 5.73 Å². The molecule has 0 fully saturated rings. The third-order valence-electron chi connectivity index (χ3n) is 1.96. The summed E-state index contributed by atoms with van der Waals surface area (Å²) in [6.07, 6.45) is 0. The fraction of sp³-hybridized carbons (Fsp3) is 0.200. The minimum Gasteiger partial charge on any atom is -0.399 e. The van der Waals surface area contributed by atoms with Gasteiger partial charge in [0.2, 0.25) is 0 Å². The molecule has 0 saturated heterocycles. The molecular formula is C10H12N4S. The standard InChI is InChI=1S/C10H12N4S/c1-6(11)9-13-14-10(15-9)7-3-2-4-8(12)5-7/h2-6H,11-12H2,1H3/t6-/m0/s1. The lowest BCUT2D eigenvalue weighted by atomic mass is 10.2. The average Bonchev–Trinajstić information content (AvgIpc) is 2.66. The van der Waals surface area contributed by atoms with E-state index in [1.807, 2.05) is 31.2 Å². The number of anilines is 1. The second-order valence-electron chi connectivity index (χ2n) is 3.36. The van der Waals surface area contributed by atoms with E-state index in [9.17, 15) is 0 Å². The fourth-order valence-corrected chi connectivity index (χ4v) is 2.00. The van der Waals surface area contributed by atoms with Gasteiger partial charge in [-0.1, -0.05) is 23.5 Å². The molecule has 1 atom stereocenters. The van der Waals surface area contributed by atoms with Gasteiger partial charge in [-0.25, -0.2) is 0 Å². The van der Waals surface area contributed by atoms with Gasteiger partial charge >= 0.3 is 0 Å². The summed E-state index contributed by atoms with van der Waals surface area (Å²) in [5.41, 5.74) is 13.1. The van der Waals surface area contributed by atoms with Crippen molar-refractivity contribution in [2.45, 2.75) is 13.0 Å². The van der Waals surface area contributed by atoms with Crippen LogP contribution >= 0.6 is 11.3 Å². The molecule has 0 aliphatic heterocycles. The van der Waals surface area contributed by atoms with Gasteiger partial charge in [0.25, 0.3) is 0 Å². The van der Waals surface area contributed by atoms with Crippen LogP contribution in [-0.4, -0.2) is 10.2 Å². The van der Waals surface area contributed by atoms with E-state index in [1.54, 1.807) is 0 Å². The van der Waals surface area contributed by atoms with E-state index in [4.69, 9.17) is 11.5 Å². The molecule has 0 aliphatic carbocycles. The number of rotatable bonds is 2. The van der Waals surface area contributed by atoms with Gasteiger partial charge in [-0.2, -0.15) is 0 Å². The number of hydrogen-bond acceptors (Lipinski definition) is 5. The van der Waals surface area contributed by atoms with E-state index in [-0.39, 0.29) is 6.04 Å². The summed E-state index contributed by atoms with van der Waals surface area (Å²) in [4.78, 5) is 0. The van der Waals surface area contributed by atoms with Crippen molar-refractivity contribution in [1.82, 2.24) is 10.2 Å². The van der Waals surface area contributed by atoms with Crippen LogP contribution in [0.5, 0.6) is 0 Å². The zero-order valence-electron chi connectivity index (χ0n) is 8.34. The molecule has 0 spiro atoms. The first-order chi connectivity index (χ1) is 7.16. The minimum absolute atomic E-state index is 0.0719. The maximum atomic E-state index is 5.72. The lowest BCUT2D eigenvalue weighted by Crippen LogP contribution is -2.03. The topological polar surface area (TPSA) is 77.8 Å². The lowest BCUT2D eigenvalue weighted by Gasteiger charge is -1.97. The molecule has 15 heavy (non-hydrogen) atoms. The molecule has 0 saturated carbocycles. The van der Waals surface area contributed by atoms with E-state index in [0.29, 0.717) is 0 Å². The molecule has 2 aromatic rings. The summed E-state index contributed by atoms with van der Waals surface area (Å²) in [6.45, 7) is 1.89. The van der Waals surface area contributed by atoms with Crippen LogP contribution in [0.25, 0.3) is 10.6 Å². The molecule has 1 heterocycles. The second kappa shape index (κ2) is 3.96. The third-order valence-corrected chi connectivity index (χ3v) is 3.14. The van der Waals surface area contributed by atoms with Crippen molar-refractivity contribution in [2.24, 2.45) is 5.73 Å². The summed E-state index contributed by atoms with van der Waals surface area (Å²) < 4.78 is 0. The molecule has 4 N–H and O–H groups in total. The van der Waals surface area contributed by atoms with Crippen LogP contribution in [0.1, 0.15) is 18.0 Å². The summed E-state index contributed by atoms with van der Waals surface area (Å²) in [5, 5.41) is 9.80. The van der Waals surface area contributed by atoms with Crippen LogP contribution in [0.15, 0.2) is 24.3 Å². The maximum absolute atomic E-state index is 5.72. The van der Waals surface area contributed by atoms with Gasteiger partial charge in [0, 0.05) is 11.3 Å². The van der Waals surface area contributed by atoms with E-state index >= 15 is 0 Å².